The summed E-state index contributed by atoms with van der Waals surface area (Å²) in [5.41, 5.74) is 1.14. The smallest absolute Gasteiger partial charge is 0.192 e. The van der Waals surface area contributed by atoms with Gasteiger partial charge in [-0.2, -0.15) is 0 Å². The molecule has 0 aliphatic carbocycles. The lowest BCUT2D eigenvalue weighted by Gasteiger charge is -2.47. The third-order valence-electron chi connectivity index (χ3n) is 8.13. The average molecular weight is 467 g/mol. The van der Waals surface area contributed by atoms with Crippen LogP contribution in [0.4, 0.5) is 0 Å². The molecule has 182 valence electrons. The lowest BCUT2D eigenvalue weighted by molar-refractivity contribution is -0.256. The van der Waals surface area contributed by atoms with Gasteiger partial charge in [-0.25, -0.2) is 0 Å². The Kier molecular flexibility index (Phi) is 7.67. The number of rotatable bonds is 10. The highest BCUT2D eigenvalue weighted by atomic mass is 28.4. The minimum absolute atomic E-state index is 0.104. The van der Waals surface area contributed by atoms with Crippen LogP contribution >= 0.6 is 0 Å². The highest BCUT2D eigenvalue weighted by Crippen LogP contribution is 2.47. The number of ether oxygens (including phenoxy) is 4. The lowest BCUT2D eigenvalue weighted by atomic mass is 9.89. The van der Waals surface area contributed by atoms with Gasteiger partial charge >= 0.3 is 0 Å². The summed E-state index contributed by atoms with van der Waals surface area (Å²) in [7, 11) is -1.87. The molecule has 0 amide bonds. The Hall–Kier alpha value is -0.543. The molecule has 1 N–H and O–H groups in total. The summed E-state index contributed by atoms with van der Waals surface area (Å²) in [4.78, 5) is 0. The third-order valence-corrected chi connectivity index (χ3v) is 12.8. The summed E-state index contributed by atoms with van der Waals surface area (Å²) < 4.78 is 32.6. The van der Waals surface area contributed by atoms with Gasteiger partial charge in [-0.15, -0.1) is 6.58 Å². The summed E-state index contributed by atoms with van der Waals surface area (Å²) >= 11 is 0. The van der Waals surface area contributed by atoms with Gasteiger partial charge in [-0.05, 0) is 43.0 Å². The van der Waals surface area contributed by atoms with Crippen molar-refractivity contribution in [3.63, 3.8) is 0 Å². The molecule has 4 aliphatic rings. The van der Waals surface area contributed by atoms with Crippen molar-refractivity contribution in [3.05, 3.63) is 24.8 Å². The molecule has 4 saturated heterocycles. The van der Waals surface area contributed by atoms with Crippen LogP contribution in [-0.2, 0) is 23.4 Å². The molecule has 0 spiro atoms. The van der Waals surface area contributed by atoms with Gasteiger partial charge in [0.05, 0.1) is 43.2 Å². The minimum atomic E-state index is -1.87. The Balaban J connectivity index is 1.56. The van der Waals surface area contributed by atoms with Crippen molar-refractivity contribution in [2.75, 3.05) is 6.61 Å². The van der Waals surface area contributed by atoms with E-state index in [9.17, 15) is 5.11 Å². The Morgan fingerprint density at radius 3 is 2.56 bits per heavy atom. The van der Waals surface area contributed by atoms with E-state index in [1.165, 1.54) is 0 Å². The van der Waals surface area contributed by atoms with Crippen LogP contribution in [0.25, 0.3) is 0 Å². The molecule has 32 heavy (non-hydrogen) atoms. The van der Waals surface area contributed by atoms with Gasteiger partial charge in [0, 0.05) is 19.3 Å². The van der Waals surface area contributed by atoms with Crippen LogP contribution in [-0.4, -0.2) is 68.5 Å². The predicted molar refractivity (Wildman–Crippen MR) is 126 cm³/mol. The summed E-state index contributed by atoms with van der Waals surface area (Å²) in [5, 5.41) is 10.8. The van der Waals surface area contributed by atoms with Crippen molar-refractivity contribution in [1.29, 1.82) is 0 Å². The number of hydrogen-bond donors (Lipinski definition) is 1. The van der Waals surface area contributed by atoms with Crippen LogP contribution < -0.4 is 0 Å². The Labute approximate surface area is 194 Å². The maximum Gasteiger partial charge on any atom is 0.192 e. The maximum atomic E-state index is 10.8. The molecule has 4 heterocycles. The van der Waals surface area contributed by atoms with Crippen LogP contribution in [0, 0.1) is 0 Å². The highest BCUT2D eigenvalue weighted by molar-refractivity contribution is 6.73. The molecule has 4 aliphatic heterocycles. The molecule has 4 bridgehead atoms. The van der Waals surface area contributed by atoms with Gasteiger partial charge in [0.15, 0.2) is 14.1 Å². The largest absolute Gasteiger partial charge is 0.409 e. The van der Waals surface area contributed by atoms with E-state index in [-0.39, 0.29) is 36.6 Å². The van der Waals surface area contributed by atoms with Gasteiger partial charge < -0.3 is 28.5 Å². The van der Waals surface area contributed by atoms with Crippen LogP contribution in [0.2, 0.25) is 18.1 Å². The molecule has 4 fully saturated rings. The second-order valence-corrected chi connectivity index (χ2v) is 14.9. The van der Waals surface area contributed by atoms with E-state index >= 15 is 0 Å². The van der Waals surface area contributed by atoms with E-state index in [1.54, 1.807) is 0 Å². The van der Waals surface area contributed by atoms with E-state index in [4.69, 9.17) is 23.4 Å². The fraction of sp³-hybridized carbons (Fsp3) is 0.840. The van der Waals surface area contributed by atoms with Crippen molar-refractivity contribution in [1.82, 2.24) is 0 Å². The minimum Gasteiger partial charge on any atom is -0.409 e. The first-order chi connectivity index (χ1) is 15.4. The molecule has 6 nitrogen and oxygen atoms in total. The van der Waals surface area contributed by atoms with Gasteiger partial charge in [0.2, 0.25) is 0 Å². The predicted octanol–water partition coefficient (Wildman–Crippen LogP) is 4.48. The van der Waals surface area contributed by atoms with E-state index < -0.39 is 20.2 Å². The number of aliphatic hydroxyl groups excluding tert-OH is 1. The molecule has 0 aromatic heterocycles. The topological polar surface area (TPSA) is 66.4 Å². The average Bonchev–Trinajstić information content (AvgIpc) is 3.31. The first kappa shape index (κ1) is 24.6. The summed E-state index contributed by atoms with van der Waals surface area (Å²) in [6.45, 7) is 15.4. The summed E-state index contributed by atoms with van der Waals surface area (Å²) in [6.07, 6.45) is 4.85. The van der Waals surface area contributed by atoms with E-state index in [1.807, 2.05) is 6.08 Å². The zero-order chi connectivity index (χ0) is 22.9. The second kappa shape index (κ2) is 9.98. The summed E-state index contributed by atoms with van der Waals surface area (Å²) in [5.74, 6) is -0.806. The molecule has 0 saturated carbocycles. The Bertz CT molecular complexity index is 673. The maximum absolute atomic E-state index is 10.8. The molecule has 0 radical (unpaired) electrons. The quantitative estimate of drug-likeness (QED) is 0.378. The van der Waals surface area contributed by atoms with Gasteiger partial charge in [-0.3, -0.25) is 0 Å². The fourth-order valence-corrected chi connectivity index (χ4v) is 8.91. The summed E-state index contributed by atoms with van der Waals surface area (Å²) in [6, 6.07) is 3.25. The van der Waals surface area contributed by atoms with Crippen LogP contribution in [0.3, 0.4) is 0 Å². The van der Waals surface area contributed by atoms with Crippen LogP contribution in [0.1, 0.15) is 59.3 Å². The zero-order valence-corrected chi connectivity index (χ0v) is 21.1. The van der Waals surface area contributed by atoms with E-state index in [0.717, 1.165) is 36.5 Å². The SMILES string of the molecule is C=CCC1O[C@@H]2CC(O[C@@]3(CCC4CC(=C)CO4)C[C@@H](O)C2O3)C1O[Si](CC)(CC)CC. The third kappa shape index (κ3) is 4.81. The molecule has 0 aromatic rings. The zero-order valence-electron chi connectivity index (χ0n) is 20.1. The highest BCUT2D eigenvalue weighted by Gasteiger charge is 2.59. The molecule has 4 rings (SSSR count). The van der Waals surface area contributed by atoms with Gasteiger partial charge in [0.1, 0.15) is 6.10 Å². The Morgan fingerprint density at radius 1 is 1.19 bits per heavy atom. The van der Waals surface area contributed by atoms with Gasteiger partial charge in [-0.1, -0.05) is 33.4 Å². The number of hydrogen-bond acceptors (Lipinski definition) is 6. The molecule has 0 aromatic carbocycles. The molecular weight excluding hydrogens is 424 g/mol. The van der Waals surface area contributed by atoms with Crippen molar-refractivity contribution in [2.45, 2.75) is 126 Å². The molecule has 5 unspecified atom stereocenters. The number of fused-ring (bicyclic) bond motifs is 5. The first-order valence-corrected chi connectivity index (χ1v) is 15.2. The van der Waals surface area contributed by atoms with Gasteiger partial charge in [0.25, 0.3) is 0 Å². The molecule has 8 atom stereocenters. The Morgan fingerprint density at radius 2 is 1.94 bits per heavy atom. The first-order valence-electron chi connectivity index (χ1n) is 12.6. The van der Waals surface area contributed by atoms with E-state index in [0.29, 0.717) is 32.3 Å². The van der Waals surface area contributed by atoms with Crippen LogP contribution in [0.5, 0.6) is 0 Å². The van der Waals surface area contributed by atoms with Crippen molar-refractivity contribution in [2.24, 2.45) is 0 Å². The van der Waals surface area contributed by atoms with Crippen LogP contribution in [0.15, 0.2) is 24.8 Å². The fourth-order valence-electron chi connectivity index (χ4n) is 6.03. The molecule has 7 heteroatoms. The van der Waals surface area contributed by atoms with Crippen molar-refractivity contribution >= 4 is 8.32 Å². The van der Waals surface area contributed by atoms with E-state index in [2.05, 4.69) is 33.9 Å². The van der Waals surface area contributed by atoms with Crippen molar-refractivity contribution < 1.29 is 28.5 Å². The second-order valence-electron chi connectivity index (χ2n) is 10.1. The monoisotopic (exact) mass is 466 g/mol. The van der Waals surface area contributed by atoms with Crippen molar-refractivity contribution in [3.8, 4) is 0 Å². The lowest BCUT2D eigenvalue weighted by Crippen LogP contribution is -2.58. The normalized spacial score (nSPS) is 41.6. The standard InChI is InChI=1S/C25H42O6Si/c1-6-10-20-24(31-32(7-2,8-3)9-4)22-14-21(28-20)23-19(26)15-25(29-22,30-23)12-11-18-13-17(5)16-27-18/h6,18-24,26H,1,5,7-16H2,2-4H3/t18?,19-,20?,21-,22?,23?,24?,25-/m1/s1. The number of aliphatic hydroxyl groups is 1. The molecular formula is C25H42O6Si.